The third kappa shape index (κ3) is 6.90. The van der Waals surface area contributed by atoms with E-state index in [0.717, 1.165) is 0 Å². The molecule has 0 rings (SSSR count). The van der Waals surface area contributed by atoms with E-state index in [1.165, 1.54) is 0 Å². The van der Waals surface area contributed by atoms with Crippen molar-refractivity contribution in [3.63, 3.8) is 0 Å². The van der Waals surface area contributed by atoms with Crippen LogP contribution in [0.5, 0.6) is 0 Å². The molecule has 0 bridgehead atoms. The quantitative estimate of drug-likeness (QED) is 0.549. The van der Waals surface area contributed by atoms with Crippen molar-refractivity contribution in [1.82, 2.24) is 0 Å². The molecule has 3 atom stereocenters. The van der Waals surface area contributed by atoms with Gasteiger partial charge in [0.05, 0.1) is 17.6 Å². The Balaban J connectivity index is 5.37. The van der Waals surface area contributed by atoms with Crippen molar-refractivity contribution in [2.24, 2.45) is 29.6 Å². The molecular formula is C13H24O7S. The van der Waals surface area contributed by atoms with Crippen molar-refractivity contribution in [2.45, 2.75) is 34.1 Å². The zero-order valence-corrected chi connectivity index (χ0v) is 13.5. The lowest BCUT2D eigenvalue weighted by atomic mass is 9.76. The highest BCUT2D eigenvalue weighted by molar-refractivity contribution is 7.85. The van der Waals surface area contributed by atoms with Crippen LogP contribution in [0.3, 0.4) is 0 Å². The first-order chi connectivity index (χ1) is 9.36. The second kappa shape index (κ2) is 7.74. The minimum Gasteiger partial charge on any atom is -0.481 e. The van der Waals surface area contributed by atoms with Gasteiger partial charge in [-0.25, -0.2) is 0 Å². The summed E-state index contributed by atoms with van der Waals surface area (Å²) in [5.74, 6) is -6.58. The summed E-state index contributed by atoms with van der Waals surface area (Å²) in [4.78, 5) is 22.7. The lowest BCUT2D eigenvalue weighted by Gasteiger charge is -2.28. The van der Waals surface area contributed by atoms with E-state index >= 15 is 0 Å². The van der Waals surface area contributed by atoms with Gasteiger partial charge in [-0.05, 0) is 24.2 Å². The Hall–Kier alpha value is -1.15. The Morgan fingerprint density at radius 1 is 0.952 bits per heavy atom. The molecule has 0 saturated heterocycles. The van der Waals surface area contributed by atoms with E-state index in [-0.39, 0.29) is 12.3 Å². The maximum Gasteiger partial charge on any atom is 0.307 e. The number of hydrogen-bond acceptors (Lipinski definition) is 4. The molecule has 0 aromatic heterocycles. The van der Waals surface area contributed by atoms with Crippen LogP contribution in [0.25, 0.3) is 0 Å². The molecule has 0 heterocycles. The smallest absolute Gasteiger partial charge is 0.307 e. The first kappa shape index (κ1) is 19.9. The number of aliphatic carboxylic acids is 2. The van der Waals surface area contributed by atoms with Crippen molar-refractivity contribution in [2.75, 3.05) is 5.75 Å². The van der Waals surface area contributed by atoms with Crippen LogP contribution < -0.4 is 0 Å². The summed E-state index contributed by atoms with van der Waals surface area (Å²) in [5, 5.41) is 18.5. The normalized spacial score (nSPS) is 16.7. The van der Waals surface area contributed by atoms with Gasteiger partial charge in [0, 0.05) is 0 Å². The van der Waals surface area contributed by atoms with Gasteiger partial charge in [0.25, 0.3) is 10.1 Å². The molecule has 0 radical (unpaired) electrons. The molecular weight excluding hydrogens is 300 g/mol. The van der Waals surface area contributed by atoms with Crippen LogP contribution >= 0.6 is 0 Å². The average Bonchev–Trinajstić information content (AvgIpc) is 2.23. The number of carboxylic acids is 2. The van der Waals surface area contributed by atoms with E-state index < -0.39 is 51.5 Å². The van der Waals surface area contributed by atoms with Crippen LogP contribution in [0.15, 0.2) is 0 Å². The molecule has 0 fully saturated rings. The predicted molar refractivity (Wildman–Crippen MR) is 76.5 cm³/mol. The summed E-state index contributed by atoms with van der Waals surface area (Å²) in [6, 6.07) is 0. The molecule has 3 unspecified atom stereocenters. The number of rotatable bonds is 9. The summed E-state index contributed by atoms with van der Waals surface area (Å²) >= 11 is 0. The monoisotopic (exact) mass is 324 g/mol. The Bertz CT molecular complexity index is 467. The summed E-state index contributed by atoms with van der Waals surface area (Å²) < 4.78 is 31.0. The third-order valence-electron chi connectivity index (χ3n) is 3.68. The Morgan fingerprint density at radius 3 is 1.67 bits per heavy atom. The molecule has 0 aliphatic heterocycles. The molecule has 0 aromatic carbocycles. The van der Waals surface area contributed by atoms with Crippen LogP contribution in [0, 0.1) is 29.6 Å². The van der Waals surface area contributed by atoms with E-state index in [0.29, 0.717) is 0 Å². The Morgan fingerprint density at radius 2 is 1.43 bits per heavy atom. The number of hydrogen-bond donors (Lipinski definition) is 3. The molecule has 0 saturated carbocycles. The molecule has 0 spiro atoms. The molecule has 0 aliphatic carbocycles. The fraction of sp³-hybridized carbons (Fsp3) is 0.846. The largest absolute Gasteiger partial charge is 0.481 e. The maximum atomic E-state index is 11.4. The van der Waals surface area contributed by atoms with Gasteiger partial charge in [-0.1, -0.05) is 27.7 Å². The predicted octanol–water partition coefficient (Wildman–Crippen LogP) is 1.59. The van der Waals surface area contributed by atoms with Gasteiger partial charge in [0.1, 0.15) is 0 Å². The van der Waals surface area contributed by atoms with E-state index in [4.69, 9.17) is 4.55 Å². The van der Waals surface area contributed by atoms with Crippen LogP contribution in [-0.2, 0) is 19.7 Å². The van der Waals surface area contributed by atoms with Gasteiger partial charge in [-0.2, -0.15) is 8.42 Å². The van der Waals surface area contributed by atoms with Crippen LogP contribution in [-0.4, -0.2) is 40.9 Å². The Labute approximate surface area is 125 Å². The minimum absolute atomic E-state index is 0.109. The fourth-order valence-corrected chi connectivity index (χ4v) is 3.51. The standard InChI is InChI=1S/C13H24O7S/c1-7(2)9(6-21(18,19)20)5-10(12(14)15)11(8(3)4)13(16)17/h7-11H,5-6H2,1-4H3,(H,14,15)(H,16,17)(H,18,19,20). The molecule has 21 heavy (non-hydrogen) atoms. The third-order valence-corrected chi connectivity index (χ3v) is 4.53. The van der Waals surface area contributed by atoms with Crippen molar-refractivity contribution in [3.05, 3.63) is 0 Å². The van der Waals surface area contributed by atoms with Crippen molar-refractivity contribution in [3.8, 4) is 0 Å². The topological polar surface area (TPSA) is 129 Å². The lowest BCUT2D eigenvalue weighted by Crippen LogP contribution is -2.36. The van der Waals surface area contributed by atoms with Crippen LogP contribution in [0.1, 0.15) is 34.1 Å². The first-order valence-electron chi connectivity index (χ1n) is 6.77. The van der Waals surface area contributed by atoms with Gasteiger partial charge in [0.15, 0.2) is 0 Å². The van der Waals surface area contributed by atoms with Gasteiger partial charge in [0.2, 0.25) is 0 Å². The van der Waals surface area contributed by atoms with Crippen molar-refractivity contribution >= 4 is 22.1 Å². The van der Waals surface area contributed by atoms with E-state index in [1.54, 1.807) is 27.7 Å². The summed E-state index contributed by atoms with van der Waals surface area (Å²) in [7, 11) is -4.25. The molecule has 0 amide bonds. The molecule has 8 heteroatoms. The second-order valence-electron chi connectivity index (χ2n) is 6.04. The summed E-state index contributed by atoms with van der Waals surface area (Å²) in [6.07, 6.45) is -0.109. The van der Waals surface area contributed by atoms with Crippen molar-refractivity contribution in [1.29, 1.82) is 0 Å². The zero-order valence-electron chi connectivity index (χ0n) is 12.7. The van der Waals surface area contributed by atoms with Crippen molar-refractivity contribution < 1.29 is 32.8 Å². The SMILES string of the molecule is CC(C)C(CC(C(=O)O)C(C(=O)O)C(C)C)CS(=O)(=O)O. The zero-order chi connectivity index (χ0) is 17.0. The van der Waals surface area contributed by atoms with Gasteiger partial charge in [-0.3, -0.25) is 14.1 Å². The Kier molecular flexibility index (Phi) is 7.32. The molecule has 0 aliphatic rings. The maximum absolute atomic E-state index is 11.4. The second-order valence-corrected chi connectivity index (χ2v) is 7.54. The first-order valence-corrected chi connectivity index (χ1v) is 8.38. The summed E-state index contributed by atoms with van der Waals surface area (Å²) in [6.45, 7) is 6.64. The van der Waals surface area contributed by atoms with Gasteiger partial charge in [-0.15, -0.1) is 0 Å². The average molecular weight is 324 g/mol. The number of carboxylic acid groups (broad SMARTS) is 2. The highest BCUT2D eigenvalue weighted by Crippen LogP contribution is 2.31. The molecule has 7 nitrogen and oxygen atoms in total. The van der Waals surface area contributed by atoms with Gasteiger partial charge >= 0.3 is 11.9 Å². The molecule has 124 valence electrons. The highest BCUT2D eigenvalue weighted by atomic mass is 32.2. The fourth-order valence-electron chi connectivity index (χ4n) is 2.45. The van der Waals surface area contributed by atoms with Crippen LogP contribution in [0.4, 0.5) is 0 Å². The van der Waals surface area contributed by atoms with E-state index in [2.05, 4.69) is 0 Å². The van der Waals surface area contributed by atoms with E-state index in [1.807, 2.05) is 0 Å². The lowest BCUT2D eigenvalue weighted by molar-refractivity contribution is -0.156. The minimum atomic E-state index is -4.25. The van der Waals surface area contributed by atoms with Gasteiger partial charge < -0.3 is 10.2 Å². The van der Waals surface area contributed by atoms with Crippen LogP contribution in [0.2, 0.25) is 0 Å². The number of carbonyl (C=O) groups is 2. The van der Waals surface area contributed by atoms with E-state index in [9.17, 15) is 28.2 Å². The molecule has 3 N–H and O–H groups in total. The molecule has 0 aromatic rings. The highest BCUT2D eigenvalue weighted by Gasteiger charge is 2.38. The summed E-state index contributed by atoms with van der Waals surface area (Å²) in [5.41, 5.74) is 0.